The van der Waals surface area contributed by atoms with Crippen molar-refractivity contribution in [3.8, 4) is 0 Å². The number of nitrogen functional groups attached to an aromatic ring is 1. The number of hydrazine groups is 1. The molecule has 0 aromatic carbocycles. The molecule has 0 saturated heterocycles. The predicted molar refractivity (Wildman–Crippen MR) is 66.1 cm³/mol. The first-order chi connectivity index (χ1) is 7.95. The number of carbonyl (C=O) groups excluding carboxylic acids is 1. The van der Waals surface area contributed by atoms with E-state index in [0.29, 0.717) is 24.1 Å². The molecule has 1 aromatic heterocycles. The number of nitrogens with two attached hydrogens (primary N) is 1. The van der Waals surface area contributed by atoms with Crippen LogP contribution in [0.1, 0.15) is 36.9 Å². The van der Waals surface area contributed by atoms with E-state index in [1.54, 1.807) is 6.07 Å². The molecule has 0 fully saturated rings. The maximum Gasteiger partial charge on any atom is 0.268 e. The molecule has 1 rings (SSSR count). The first-order valence-corrected chi connectivity index (χ1v) is 5.74. The average Bonchev–Trinajstić information content (AvgIpc) is 2.75. The molecule has 1 aromatic rings. The van der Waals surface area contributed by atoms with Crippen LogP contribution in [-0.4, -0.2) is 23.9 Å². The molecule has 3 N–H and O–H groups in total. The van der Waals surface area contributed by atoms with E-state index in [-0.39, 0.29) is 5.91 Å². The molecule has 17 heavy (non-hydrogen) atoms. The van der Waals surface area contributed by atoms with E-state index in [9.17, 15) is 4.79 Å². The summed E-state index contributed by atoms with van der Waals surface area (Å²) < 4.78 is 5.33. The van der Waals surface area contributed by atoms with Crippen molar-refractivity contribution >= 4 is 5.91 Å². The van der Waals surface area contributed by atoms with Crippen LogP contribution in [0.3, 0.4) is 0 Å². The molecule has 0 bridgehead atoms. The van der Waals surface area contributed by atoms with Gasteiger partial charge in [0, 0.05) is 6.04 Å². The van der Waals surface area contributed by atoms with E-state index in [1.165, 1.54) is 6.26 Å². The maximum atomic E-state index is 11.2. The summed E-state index contributed by atoms with van der Waals surface area (Å²) in [4.78, 5) is 13.4. The number of nitrogens with one attached hydrogen (secondary N) is 1. The standard InChI is InChI=1S/C12H21N3O2/c1-8(2)9(3)15(4)6-11-5-10(7-17-11)12(16)14-13/h5,7-9H,6,13H2,1-4H3,(H,14,16). The fraction of sp³-hybridized carbons (Fsp3) is 0.583. The van der Waals surface area contributed by atoms with Gasteiger partial charge in [-0.2, -0.15) is 0 Å². The van der Waals surface area contributed by atoms with Crippen molar-refractivity contribution < 1.29 is 9.21 Å². The Morgan fingerprint density at radius 3 is 2.71 bits per heavy atom. The Hall–Kier alpha value is -1.33. The minimum atomic E-state index is -0.334. The number of amides is 1. The van der Waals surface area contributed by atoms with Crippen LogP contribution >= 0.6 is 0 Å². The second kappa shape index (κ2) is 5.84. The van der Waals surface area contributed by atoms with Crippen molar-refractivity contribution in [2.24, 2.45) is 11.8 Å². The van der Waals surface area contributed by atoms with Crippen molar-refractivity contribution in [1.29, 1.82) is 0 Å². The fourth-order valence-electron chi connectivity index (χ4n) is 1.56. The first kappa shape index (κ1) is 13.7. The molecule has 0 spiro atoms. The minimum absolute atomic E-state index is 0.334. The fourth-order valence-corrected chi connectivity index (χ4v) is 1.56. The SMILES string of the molecule is CC(C)C(C)N(C)Cc1cc(C(=O)NN)co1. The van der Waals surface area contributed by atoms with Gasteiger partial charge in [0.1, 0.15) is 12.0 Å². The topological polar surface area (TPSA) is 71.5 Å². The van der Waals surface area contributed by atoms with E-state index >= 15 is 0 Å². The van der Waals surface area contributed by atoms with E-state index in [1.807, 2.05) is 7.05 Å². The lowest BCUT2D eigenvalue weighted by Crippen LogP contribution is -2.32. The third-order valence-electron chi connectivity index (χ3n) is 3.11. The number of furan rings is 1. The molecule has 0 radical (unpaired) electrons. The van der Waals surface area contributed by atoms with Crippen molar-refractivity contribution in [3.05, 3.63) is 23.7 Å². The smallest absolute Gasteiger partial charge is 0.268 e. The molecule has 5 nitrogen and oxygen atoms in total. The molecule has 1 atom stereocenters. The number of rotatable bonds is 5. The summed E-state index contributed by atoms with van der Waals surface area (Å²) >= 11 is 0. The quantitative estimate of drug-likeness (QED) is 0.462. The third-order valence-corrected chi connectivity index (χ3v) is 3.11. The van der Waals surface area contributed by atoms with Crippen molar-refractivity contribution in [2.75, 3.05) is 7.05 Å². The van der Waals surface area contributed by atoms with E-state index in [4.69, 9.17) is 10.3 Å². The maximum absolute atomic E-state index is 11.2. The molecule has 5 heteroatoms. The van der Waals surface area contributed by atoms with Gasteiger partial charge in [0.2, 0.25) is 0 Å². The Bertz CT molecular complexity index is 374. The van der Waals surface area contributed by atoms with E-state index in [0.717, 1.165) is 5.76 Å². The number of nitrogens with zero attached hydrogens (tertiary/aromatic N) is 1. The molecule has 0 aliphatic carbocycles. The second-order valence-corrected chi connectivity index (χ2v) is 4.67. The monoisotopic (exact) mass is 239 g/mol. The van der Waals surface area contributed by atoms with Gasteiger partial charge in [-0.3, -0.25) is 15.1 Å². The lowest BCUT2D eigenvalue weighted by Gasteiger charge is -2.26. The van der Waals surface area contributed by atoms with Gasteiger partial charge in [-0.1, -0.05) is 13.8 Å². The number of hydrogen-bond donors (Lipinski definition) is 2. The Morgan fingerprint density at radius 1 is 1.53 bits per heavy atom. The van der Waals surface area contributed by atoms with Crippen LogP contribution < -0.4 is 11.3 Å². The number of hydrogen-bond acceptors (Lipinski definition) is 4. The summed E-state index contributed by atoms with van der Waals surface area (Å²) in [6, 6.07) is 2.16. The molecule has 1 unspecified atom stereocenters. The van der Waals surface area contributed by atoms with Gasteiger partial charge in [-0.15, -0.1) is 0 Å². The summed E-state index contributed by atoms with van der Waals surface area (Å²) in [5, 5.41) is 0. The molecule has 0 saturated carbocycles. The summed E-state index contributed by atoms with van der Waals surface area (Å²) in [6.07, 6.45) is 1.42. The zero-order chi connectivity index (χ0) is 13.0. The molecular formula is C12H21N3O2. The van der Waals surface area contributed by atoms with Crippen LogP contribution in [0.2, 0.25) is 0 Å². The normalized spacial score (nSPS) is 13.1. The molecule has 0 aliphatic heterocycles. The molecule has 1 heterocycles. The van der Waals surface area contributed by atoms with Crippen LogP contribution in [0.15, 0.2) is 16.7 Å². The zero-order valence-electron chi connectivity index (χ0n) is 10.9. The summed E-state index contributed by atoms with van der Waals surface area (Å²) in [5.74, 6) is 6.05. The molecule has 0 aliphatic rings. The lowest BCUT2D eigenvalue weighted by atomic mass is 10.1. The van der Waals surface area contributed by atoms with Crippen LogP contribution in [0.4, 0.5) is 0 Å². The highest BCUT2D eigenvalue weighted by Gasteiger charge is 2.16. The van der Waals surface area contributed by atoms with Gasteiger partial charge in [0.25, 0.3) is 5.91 Å². The largest absolute Gasteiger partial charge is 0.467 e. The van der Waals surface area contributed by atoms with Gasteiger partial charge in [-0.25, -0.2) is 5.84 Å². The highest BCUT2D eigenvalue weighted by atomic mass is 16.3. The van der Waals surface area contributed by atoms with Gasteiger partial charge >= 0.3 is 0 Å². The van der Waals surface area contributed by atoms with Crippen LogP contribution in [0.25, 0.3) is 0 Å². The molecule has 96 valence electrons. The van der Waals surface area contributed by atoms with Gasteiger partial charge < -0.3 is 4.42 Å². The van der Waals surface area contributed by atoms with Gasteiger partial charge in [-0.05, 0) is 26.0 Å². The Kier molecular flexibility index (Phi) is 4.72. The molecule has 1 amide bonds. The second-order valence-electron chi connectivity index (χ2n) is 4.67. The summed E-state index contributed by atoms with van der Waals surface area (Å²) in [6.45, 7) is 7.20. The third kappa shape index (κ3) is 3.57. The van der Waals surface area contributed by atoms with Crippen molar-refractivity contribution in [1.82, 2.24) is 10.3 Å². The van der Waals surface area contributed by atoms with Crippen LogP contribution in [-0.2, 0) is 6.54 Å². The summed E-state index contributed by atoms with van der Waals surface area (Å²) in [5.41, 5.74) is 2.53. The molecular weight excluding hydrogens is 218 g/mol. The van der Waals surface area contributed by atoms with Crippen molar-refractivity contribution in [2.45, 2.75) is 33.4 Å². The zero-order valence-corrected chi connectivity index (χ0v) is 10.9. The predicted octanol–water partition coefficient (Wildman–Crippen LogP) is 1.36. The lowest BCUT2D eigenvalue weighted by molar-refractivity contribution is 0.0953. The summed E-state index contributed by atoms with van der Waals surface area (Å²) in [7, 11) is 2.04. The van der Waals surface area contributed by atoms with E-state index in [2.05, 4.69) is 31.1 Å². The van der Waals surface area contributed by atoms with Crippen LogP contribution in [0, 0.1) is 5.92 Å². The number of carbonyl (C=O) groups is 1. The average molecular weight is 239 g/mol. The minimum Gasteiger partial charge on any atom is -0.467 e. The van der Waals surface area contributed by atoms with E-state index < -0.39 is 0 Å². The van der Waals surface area contributed by atoms with Gasteiger partial charge in [0.05, 0.1) is 12.1 Å². The highest BCUT2D eigenvalue weighted by molar-refractivity contribution is 5.93. The Morgan fingerprint density at radius 2 is 2.18 bits per heavy atom. The highest BCUT2D eigenvalue weighted by Crippen LogP contribution is 2.14. The Balaban J connectivity index is 2.63. The Labute approximate surface area is 102 Å². The van der Waals surface area contributed by atoms with Crippen molar-refractivity contribution in [3.63, 3.8) is 0 Å². The van der Waals surface area contributed by atoms with Gasteiger partial charge in [0.15, 0.2) is 0 Å². The first-order valence-electron chi connectivity index (χ1n) is 5.74. The van der Waals surface area contributed by atoms with Crippen LogP contribution in [0.5, 0.6) is 0 Å².